The van der Waals surface area contributed by atoms with Gasteiger partial charge in [-0.15, -0.1) is 0 Å². The van der Waals surface area contributed by atoms with Crippen LogP contribution in [0.25, 0.3) is 0 Å². The Morgan fingerprint density at radius 2 is 2.06 bits per heavy atom. The van der Waals surface area contributed by atoms with E-state index in [0.717, 1.165) is 24.0 Å². The van der Waals surface area contributed by atoms with Crippen LogP contribution in [-0.4, -0.2) is 17.5 Å². The monoisotopic (exact) mass is 234 g/mol. The van der Waals surface area contributed by atoms with Crippen molar-refractivity contribution in [3.8, 4) is 0 Å². The lowest BCUT2D eigenvalue weighted by molar-refractivity contribution is 0.436. The first kappa shape index (κ1) is 11.5. The van der Waals surface area contributed by atoms with E-state index >= 15 is 0 Å². The largest absolute Gasteiger partial charge is 0.361 e. The summed E-state index contributed by atoms with van der Waals surface area (Å²) in [6, 6.07) is 10.4. The highest BCUT2D eigenvalue weighted by molar-refractivity contribution is 8.13. The fourth-order valence-electron chi connectivity index (χ4n) is 1.52. The van der Waals surface area contributed by atoms with Crippen LogP contribution in [0.4, 0.5) is 0 Å². The minimum atomic E-state index is 0.350. The quantitative estimate of drug-likeness (QED) is 0.851. The van der Waals surface area contributed by atoms with Gasteiger partial charge in [0.25, 0.3) is 0 Å². The summed E-state index contributed by atoms with van der Waals surface area (Å²) in [6.45, 7) is 6.32. The first-order valence-corrected chi connectivity index (χ1v) is 6.59. The third-order valence-corrected chi connectivity index (χ3v) is 4.01. The lowest BCUT2D eigenvalue weighted by Gasteiger charge is -2.27. The summed E-state index contributed by atoms with van der Waals surface area (Å²) in [6.07, 6.45) is 0. The number of hydrogen-bond acceptors (Lipinski definition) is 3. The summed E-state index contributed by atoms with van der Waals surface area (Å²) < 4.78 is 0. The molecule has 0 unspecified atom stereocenters. The standard InChI is InChI=1S/C13H18N2S/c1-13(2)9-15-12(16-10-13)14-8-11-6-4-3-5-7-11/h3-7H,8-10H2,1-2H3,(H,14,15). The molecule has 2 nitrogen and oxygen atoms in total. The van der Waals surface area contributed by atoms with Gasteiger partial charge in [-0.25, -0.2) is 0 Å². The fourth-order valence-corrected chi connectivity index (χ4v) is 2.47. The number of nitrogens with one attached hydrogen (secondary N) is 1. The van der Waals surface area contributed by atoms with Crippen LogP contribution >= 0.6 is 11.8 Å². The fraction of sp³-hybridized carbons (Fsp3) is 0.462. The van der Waals surface area contributed by atoms with E-state index in [9.17, 15) is 0 Å². The Balaban J connectivity index is 1.86. The second kappa shape index (κ2) is 4.91. The molecule has 0 saturated carbocycles. The smallest absolute Gasteiger partial charge is 0.156 e. The molecule has 0 atom stereocenters. The summed E-state index contributed by atoms with van der Waals surface area (Å²) in [7, 11) is 0. The zero-order valence-electron chi connectivity index (χ0n) is 9.86. The van der Waals surface area contributed by atoms with Crippen LogP contribution < -0.4 is 5.32 Å². The van der Waals surface area contributed by atoms with Crippen molar-refractivity contribution in [1.29, 1.82) is 0 Å². The van der Waals surface area contributed by atoms with E-state index in [0.29, 0.717) is 5.41 Å². The average Bonchev–Trinajstić information content (AvgIpc) is 2.29. The van der Waals surface area contributed by atoms with Gasteiger partial charge in [-0.3, -0.25) is 4.99 Å². The van der Waals surface area contributed by atoms with Crippen LogP contribution in [0.2, 0.25) is 0 Å². The Hall–Kier alpha value is -0.960. The second-order valence-electron chi connectivity index (χ2n) is 4.91. The van der Waals surface area contributed by atoms with Gasteiger partial charge in [-0.1, -0.05) is 55.9 Å². The maximum absolute atomic E-state index is 4.57. The molecule has 0 aliphatic carbocycles. The summed E-state index contributed by atoms with van der Waals surface area (Å²) in [5, 5.41) is 4.47. The van der Waals surface area contributed by atoms with Crippen molar-refractivity contribution in [2.45, 2.75) is 20.4 Å². The maximum atomic E-state index is 4.57. The minimum Gasteiger partial charge on any atom is -0.361 e. The Morgan fingerprint density at radius 1 is 1.31 bits per heavy atom. The number of hydrogen-bond donors (Lipinski definition) is 1. The van der Waals surface area contributed by atoms with Gasteiger partial charge >= 0.3 is 0 Å². The van der Waals surface area contributed by atoms with E-state index < -0.39 is 0 Å². The molecule has 0 spiro atoms. The number of rotatable bonds is 2. The van der Waals surface area contributed by atoms with E-state index in [-0.39, 0.29) is 0 Å². The van der Waals surface area contributed by atoms with Crippen molar-refractivity contribution in [2.75, 3.05) is 12.3 Å². The van der Waals surface area contributed by atoms with Gasteiger partial charge in [-0.2, -0.15) is 0 Å². The van der Waals surface area contributed by atoms with Crippen molar-refractivity contribution >= 4 is 16.9 Å². The first-order chi connectivity index (χ1) is 7.66. The van der Waals surface area contributed by atoms with Gasteiger partial charge in [0.15, 0.2) is 5.17 Å². The summed E-state index contributed by atoms with van der Waals surface area (Å²) >= 11 is 1.83. The second-order valence-corrected chi connectivity index (χ2v) is 5.88. The molecule has 0 bridgehead atoms. The number of benzene rings is 1. The zero-order valence-corrected chi connectivity index (χ0v) is 10.7. The Kier molecular flexibility index (Phi) is 3.54. The lowest BCUT2D eigenvalue weighted by atomic mass is 9.97. The van der Waals surface area contributed by atoms with Crippen molar-refractivity contribution < 1.29 is 0 Å². The highest BCUT2D eigenvalue weighted by Gasteiger charge is 2.22. The number of aliphatic imine (C=N–C) groups is 1. The predicted octanol–water partition coefficient (Wildman–Crippen LogP) is 2.91. The van der Waals surface area contributed by atoms with Crippen molar-refractivity contribution in [3.63, 3.8) is 0 Å². The number of thioether (sulfide) groups is 1. The molecule has 1 heterocycles. The van der Waals surface area contributed by atoms with Gasteiger partial charge in [0.2, 0.25) is 0 Å². The molecule has 16 heavy (non-hydrogen) atoms. The molecule has 0 saturated heterocycles. The molecule has 86 valence electrons. The van der Waals surface area contributed by atoms with Crippen molar-refractivity contribution in [1.82, 2.24) is 5.32 Å². The highest BCUT2D eigenvalue weighted by Crippen LogP contribution is 2.27. The molecule has 0 radical (unpaired) electrons. The van der Waals surface area contributed by atoms with E-state index in [4.69, 9.17) is 0 Å². The molecule has 0 fully saturated rings. The molecule has 1 N–H and O–H groups in total. The molecule has 0 aromatic heterocycles. The summed E-state index contributed by atoms with van der Waals surface area (Å²) in [5.41, 5.74) is 1.65. The molecule has 3 heteroatoms. The van der Waals surface area contributed by atoms with Gasteiger partial charge in [0.1, 0.15) is 0 Å². The lowest BCUT2D eigenvalue weighted by Crippen LogP contribution is -2.30. The highest BCUT2D eigenvalue weighted by atomic mass is 32.2. The maximum Gasteiger partial charge on any atom is 0.156 e. The third kappa shape index (κ3) is 3.27. The Bertz CT molecular complexity index is 371. The van der Waals surface area contributed by atoms with Crippen LogP contribution in [-0.2, 0) is 6.54 Å². The van der Waals surface area contributed by atoms with E-state index in [1.165, 1.54) is 5.56 Å². The van der Waals surface area contributed by atoms with Gasteiger partial charge < -0.3 is 5.32 Å². The summed E-state index contributed by atoms with van der Waals surface area (Å²) in [4.78, 5) is 4.57. The molecule has 1 aromatic rings. The van der Waals surface area contributed by atoms with E-state index in [2.05, 4.69) is 48.4 Å². The van der Waals surface area contributed by atoms with Gasteiger partial charge in [0.05, 0.1) is 0 Å². The molecule has 1 aromatic carbocycles. The molecule has 1 aliphatic heterocycles. The SMILES string of the molecule is CC1(C)CN=C(NCc2ccccc2)SC1. The Labute approximate surface area is 102 Å². The molecule has 1 aliphatic rings. The zero-order chi connectivity index (χ0) is 11.4. The molecular formula is C13H18N2S. The molecule has 2 rings (SSSR count). The average molecular weight is 234 g/mol. The first-order valence-electron chi connectivity index (χ1n) is 5.61. The van der Waals surface area contributed by atoms with Crippen LogP contribution in [0.15, 0.2) is 35.3 Å². The van der Waals surface area contributed by atoms with Crippen molar-refractivity contribution in [2.24, 2.45) is 10.4 Å². The number of amidine groups is 1. The minimum absolute atomic E-state index is 0.350. The molecule has 0 amide bonds. The van der Waals surface area contributed by atoms with E-state index in [1.54, 1.807) is 0 Å². The van der Waals surface area contributed by atoms with Crippen LogP contribution in [0.3, 0.4) is 0 Å². The molecular weight excluding hydrogens is 216 g/mol. The van der Waals surface area contributed by atoms with Gasteiger partial charge in [0, 0.05) is 18.8 Å². The topological polar surface area (TPSA) is 24.4 Å². The Morgan fingerprint density at radius 3 is 2.69 bits per heavy atom. The number of nitrogens with zero attached hydrogens (tertiary/aromatic N) is 1. The van der Waals surface area contributed by atoms with E-state index in [1.807, 2.05) is 17.8 Å². The van der Waals surface area contributed by atoms with Crippen LogP contribution in [0.5, 0.6) is 0 Å². The van der Waals surface area contributed by atoms with Crippen molar-refractivity contribution in [3.05, 3.63) is 35.9 Å². The third-order valence-electron chi connectivity index (χ3n) is 2.54. The summed E-state index contributed by atoms with van der Waals surface area (Å²) in [5.74, 6) is 1.15. The van der Waals surface area contributed by atoms with Crippen LogP contribution in [0.1, 0.15) is 19.4 Å². The predicted molar refractivity (Wildman–Crippen MR) is 71.8 cm³/mol. The normalized spacial score (nSPS) is 19.0. The van der Waals surface area contributed by atoms with Crippen LogP contribution in [0, 0.1) is 5.41 Å². The van der Waals surface area contributed by atoms with Gasteiger partial charge in [-0.05, 0) is 11.0 Å².